The number of hydrogen-bond donors (Lipinski definition) is 2. The second kappa shape index (κ2) is 9.29. The third-order valence-corrected chi connectivity index (χ3v) is 5.07. The predicted octanol–water partition coefficient (Wildman–Crippen LogP) is 4.05. The van der Waals surface area contributed by atoms with Crippen molar-refractivity contribution >= 4 is 29.1 Å². The van der Waals surface area contributed by atoms with E-state index < -0.39 is 24.1 Å². The molecule has 1 aromatic carbocycles. The first-order chi connectivity index (χ1) is 16.1. The summed E-state index contributed by atoms with van der Waals surface area (Å²) in [6.07, 6.45) is -0.398. The van der Waals surface area contributed by atoms with E-state index in [0.29, 0.717) is 17.3 Å². The van der Waals surface area contributed by atoms with Crippen molar-refractivity contribution in [3.8, 4) is 11.6 Å². The van der Waals surface area contributed by atoms with E-state index in [-0.39, 0.29) is 22.4 Å². The highest BCUT2D eigenvalue weighted by atomic mass is 35.5. The monoisotopic (exact) mass is 494 g/mol. The van der Waals surface area contributed by atoms with Gasteiger partial charge in [0, 0.05) is 16.5 Å². The van der Waals surface area contributed by atoms with Gasteiger partial charge in [0.05, 0.1) is 17.9 Å². The molecule has 3 aromatic rings. The van der Waals surface area contributed by atoms with Crippen LogP contribution >= 0.6 is 11.6 Å². The molecule has 2 N–H and O–H groups in total. The van der Waals surface area contributed by atoms with Crippen LogP contribution in [0.3, 0.4) is 0 Å². The molecule has 2 heterocycles. The molecule has 178 valence electrons. The van der Waals surface area contributed by atoms with Crippen molar-refractivity contribution in [2.45, 2.75) is 32.2 Å². The van der Waals surface area contributed by atoms with Gasteiger partial charge in [-0.2, -0.15) is 9.78 Å². The van der Waals surface area contributed by atoms with Gasteiger partial charge in [-0.15, -0.1) is 13.2 Å². The lowest BCUT2D eigenvalue weighted by Gasteiger charge is -2.15. The van der Waals surface area contributed by atoms with Crippen molar-refractivity contribution in [3.63, 3.8) is 0 Å². The lowest BCUT2D eigenvalue weighted by atomic mass is 10.2. The fraction of sp³-hybridized carbons (Fsp3) is 0.286. The number of carbonyl (C=O) groups is 2. The Labute approximate surface area is 196 Å². The number of alkyl halides is 3. The van der Waals surface area contributed by atoms with Gasteiger partial charge in [0.15, 0.2) is 11.6 Å². The second-order valence-corrected chi connectivity index (χ2v) is 8.05. The average Bonchev–Trinajstić information content (AvgIpc) is 3.49. The molecule has 2 aromatic heterocycles. The van der Waals surface area contributed by atoms with Gasteiger partial charge in [0.25, 0.3) is 5.91 Å². The van der Waals surface area contributed by atoms with Crippen LogP contribution in [-0.2, 0) is 4.79 Å². The van der Waals surface area contributed by atoms with Gasteiger partial charge in [0.1, 0.15) is 12.1 Å². The topological polar surface area (TPSA) is 111 Å². The summed E-state index contributed by atoms with van der Waals surface area (Å²) in [6, 6.07) is 5.71. The van der Waals surface area contributed by atoms with E-state index in [1.54, 1.807) is 19.1 Å². The molecule has 0 unspecified atom stereocenters. The lowest BCUT2D eigenvalue weighted by Crippen LogP contribution is -2.29. The highest BCUT2D eigenvalue weighted by Crippen LogP contribution is 2.30. The molecule has 13 heteroatoms. The quantitative estimate of drug-likeness (QED) is 0.512. The Morgan fingerprint density at radius 3 is 2.62 bits per heavy atom. The fourth-order valence-electron chi connectivity index (χ4n) is 3.13. The number of hydrogen-bond acceptors (Lipinski definition) is 6. The Bertz CT molecular complexity index is 1210. The molecule has 4 rings (SSSR count). The van der Waals surface area contributed by atoms with Crippen LogP contribution in [0.1, 0.15) is 42.0 Å². The van der Waals surface area contributed by atoms with Crippen molar-refractivity contribution in [1.29, 1.82) is 0 Å². The average molecular weight is 495 g/mol. The molecule has 1 fully saturated rings. The van der Waals surface area contributed by atoms with Crippen LogP contribution in [0.15, 0.2) is 42.9 Å². The summed E-state index contributed by atoms with van der Waals surface area (Å²) < 4.78 is 42.8. The summed E-state index contributed by atoms with van der Waals surface area (Å²) >= 11 is 5.84. The van der Waals surface area contributed by atoms with E-state index >= 15 is 0 Å². The minimum Gasteiger partial charge on any atom is -0.406 e. The predicted molar refractivity (Wildman–Crippen MR) is 115 cm³/mol. The number of nitrogens with one attached hydrogen (secondary N) is 2. The molecule has 0 saturated heterocycles. The maximum absolute atomic E-state index is 12.7. The summed E-state index contributed by atoms with van der Waals surface area (Å²) in [5.41, 5.74) is 0.417. The van der Waals surface area contributed by atoms with Crippen molar-refractivity contribution in [1.82, 2.24) is 25.1 Å². The van der Waals surface area contributed by atoms with Gasteiger partial charge in [-0.1, -0.05) is 11.6 Å². The van der Waals surface area contributed by atoms with Gasteiger partial charge < -0.3 is 15.4 Å². The number of rotatable bonds is 7. The third kappa shape index (κ3) is 5.81. The third-order valence-electron chi connectivity index (χ3n) is 4.86. The van der Waals surface area contributed by atoms with Crippen molar-refractivity contribution in [3.05, 3.63) is 59.3 Å². The van der Waals surface area contributed by atoms with Crippen LogP contribution in [0.2, 0.25) is 5.02 Å². The summed E-state index contributed by atoms with van der Waals surface area (Å²) in [4.78, 5) is 33.0. The Hall–Kier alpha value is -3.67. The van der Waals surface area contributed by atoms with Crippen LogP contribution < -0.4 is 15.4 Å². The molecule has 0 bridgehead atoms. The van der Waals surface area contributed by atoms with E-state index in [2.05, 4.69) is 30.4 Å². The largest absolute Gasteiger partial charge is 0.573 e. The van der Waals surface area contributed by atoms with Gasteiger partial charge in [0.2, 0.25) is 5.91 Å². The van der Waals surface area contributed by atoms with Crippen molar-refractivity contribution < 1.29 is 27.5 Å². The van der Waals surface area contributed by atoms with E-state index in [1.807, 2.05) is 0 Å². The molecule has 1 saturated carbocycles. The van der Waals surface area contributed by atoms with E-state index in [1.165, 1.54) is 23.3 Å². The number of ether oxygens (including phenoxy) is 1. The SMILES string of the molecule is C[C@H](NC(=O)c1cc(Cl)cc(OC(F)(F)F)c1)c1ncnn1-c1ccc(NC(=O)C2CC2)cn1. The van der Waals surface area contributed by atoms with Gasteiger partial charge in [-0.25, -0.2) is 9.97 Å². The minimum absolute atomic E-state index is 0.0443. The van der Waals surface area contributed by atoms with E-state index in [4.69, 9.17) is 11.6 Å². The number of pyridine rings is 1. The van der Waals surface area contributed by atoms with Crippen molar-refractivity contribution in [2.24, 2.45) is 5.92 Å². The molecule has 1 aliphatic rings. The maximum atomic E-state index is 12.7. The van der Waals surface area contributed by atoms with E-state index in [0.717, 1.165) is 25.0 Å². The molecule has 9 nitrogen and oxygen atoms in total. The summed E-state index contributed by atoms with van der Waals surface area (Å²) in [7, 11) is 0. The molecule has 1 aliphatic carbocycles. The normalized spacial score (nSPS) is 14.4. The Kier molecular flexibility index (Phi) is 6.42. The van der Waals surface area contributed by atoms with Crippen LogP contribution in [0.4, 0.5) is 18.9 Å². The molecule has 2 amide bonds. The van der Waals surface area contributed by atoms with Gasteiger partial charge in [-0.05, 0) is 50.1 Å². The van der Waals surface area contributed by atoms with Gasteiger partial charge in [-0.3, -0.25) is 9.59 Å². The number of amides is 2. The number of nitrogens with zero attached hydrogens (tertiary/aromatic N) is 4. The van der Waals surface area contributed by atoms with Gasteiger partial charge >= 0.3 is 6.36 Å². The zero-order valence-electron chi connectivity index (χ0n) is 17.6. The Morgan fingerprint density at radius 2 is 1.97 bits per heavy atom. The zero-order chi connectivity index (χ0) is 24.5. The lowest BCUT2D eigenvalue weighted by molar-refractivity contribution is -0.274. The molecule has 0 aliphatic heterocycles. The Balaban J connectivity index is 1.47. The molecule has 0 spiro atoms. The molecular weight excluding hydrogens is 477 g/mol. The van der Waals surface area contributed by atoms with Crippen LogP contribution in [-0.4, -0.2) is 37.9 Å². The highest BCUT2D eigenvalue weighted by molar-refractivity contribution is 6.31. The van der Waals surface area contributed by atoms with Crippen LogP contribution in [0.25, 0.3) is 5.82 Å². The number of halogens is 4. The number of benzene rings is 1. The molecular formula is C21H18ClF3N6O3. The van der Waals surface area contributed by atoms with Crippen LogP contribution in [0.5, 0.6) is 5.75 Å². The molecule has 34 heavy (non-hydrogen) atoms. The molecule has 1 atom stereocenters. The summed E-state index contributed by atoms with van der Waals surface area (Å²) in [5, 5.41) is 9.45. The zero-order valence-corrected chi connectivity index (χ0v) is 18.4. The summed E-state index contributed by atoms with van der Waals surface area (Å²) in [5.74, 6) is -0.577. The first kappa shape index (κ1) is 23.5. The minimum atomic E-state index is -4.93. The Morgan fingerprint density at radius 1 is 1.21 bits per heavy atom. The first-order valence-corrected chi connectivity index (χ1v) is 10.5. The standard InChI is InChI=1S/C21H18ClF3N6O3/c1-11(29-20(33)13-6-14(22)8-16(7-13)34-21(23,24)25)18-27-10-28-31(18)17-5-4-15(9-26-17)30-19(32)12-2-3-12/h4-12H,2-3H2,1H3,(H,29,33)(H,30,32)/t11-/m0/s1. The smallest absolute Gasteiger partial charge is 0.406 e. The molecule has 0 radical (unpaired) electrons. The highest BCUT2D eigenvalue weighted by Gasteiger charge is 2.32. The number of aromatic nitrogens is 4. The van der Waals surface area contributed by atoms with E-state index in [9.17, 15) is 22.8 Å². The number of carbonyl (C=O) groups excluding carboxylic acids is 2. The van der Waals surface area contributed by atoms with Crippen molar-refractivity contribution in [2.75, 3.05) is 5.32 Å². The fourth-order valence-corrected chi connectivity index (χ4v) is 3.35. The number of anilines is 1. The van der Waals surface area contributed by atoms with Crippen LogP contribution in [0, 0.1) is 5.92 Å². The summed E-state index contributed by atoms with van der Waals surface area (Å²) in [6.45, 7) is 1.63. The first-order valence-electron chi connectivity index (χ1n) is 10.1. The second-order valence-electron chi connectivity index (χ2n) is 7.62. The maximum Gasteiger partial charge on any atom is 0.573 e.